The van der Waals surface area contributed by atoms with Gasteiger partial charge in [0.15, 0.2) is 0 Å². The van der Waals surface area contributed by atoms with Crippen LogP contribution in [0.2, 0.25) is 0 Å². The van der Waals surface area contributed by atoms with Crippen molar-refractivity contribution in [1.29, 1.82) is 0 Å². The summed E-state index contributed by atoms with van der Waals surface area (Å²) in [5.74, 6) is -1.01. The van der Waals surface area contributed by atoms with E-state index in [2.05, 4.69) is 11.9 Å². The summed E-state index contributed by atoms with van der Waals surface area (Å²) in [6.45, 7) is 12.2. The highest BCUT2D eigenvalue weighted by molar-refractivity contribution is 5.74. The minimum absolute atomic E-state index is 0.235. The molecule has 0 rings (SSSR count). The summed E-state index contributed by atoms with van der Waals surface area (Å²) in [6.07, 6.45) is -0.883. The molecule has 98 valence electrons. The van der Waals surface area contributed by atoms with E-state index in [1.807, 2.05) is 0 Å². The van der Waals surface area contributed by atoms with E-state index in [1.54, 1.807) is 34.6 Å². The maximum Gasteiger partial charge on any atom is 0.408 e. The van der Waals surface area contributed by atoms with Gasteiger partial charge in [-0.1, -0.05) is 12.2 Å². The summed E-state index contributed by atoms with van der Waals surface area (Å²) in [6, 6.07) is 0. The summed E-state index contributed by atoms with van der Waals surface area (Å²) >= 11 is 0. The van der Waals surface area contributed by atoms with Gasteiger partial charge in [-0.3, -0.25) is 4.79 Å². The second kappa shape index (κ2) is 5.21. The number of carbonyl (C=O) groups is 2. The number of nitrogens with one attached hydrogen (secondary N) is 1. The molecule has 0 bridgehead atoms. The van der Waals surface area contributed by atoms with Gasteiger partial charge in [-0.25, -0.2) is 4.79 Å². The molecule has 0 aliphatic rings. The van der Waals surface area contributed by atoms with Crippen LogP contribution in [0.3, 0.4) is 0 Å². The van der Waals surface area contributed by atoms with Crippen LogP contribution in [0.5, 0.6) is 0 Å². The number of hydrogen-bond acceptors (Lipinski definition) is 3. The van der Waals surface area contributed by atoms with Gasteiger partial charge in [-0.15, -0.1) is 0 Å². The normalized spacial score (nSPS) is 14.6. The van der Waals surface area contributed by atoms with Gasteiger partial charge in [-0.2, -0.15) is 0 Å². The SMILES string of the molecule is C=C(C)C(C)(CC(=O)O)NC(=O)OC(C)(C)C. The molecular weight excluding hydrogens is 222 g/mol. The van der Waals surface area contributed by atoms with Gasteiger partial charge in [0.25, 0.3) is 0 Å². The average Bonchev–Trinajstić information content (AvgIpc) is 1.96. The number of alkyl carbamates (subject to hydrolysis) is 1. The summed E-state index contributed by atoms with van der Waals surface area (Å²) < 4.78 is 5.08. The van der Waals surface area contributed by atoms with Crippen LogP contribution in [0.25, 0.3) is 0 Å². The van der Waals surface area contributed by atoms with Gasteiger partial charge < -0.3 is 15.2 Å². The number of hydrogen-bond donors (Lipinski definition) is 2. The highest BCUT2D eigenvalue weighted by atomic mass is 16.6. The van der Waals surface area contributed by atoms with Crippen molar-refractivity contribution < 1.29 is 19.4 Å². The highest BCUT2D eigenvalue weighted by Gasteiger charge is 2.32. The minimum atomic E-state index is -1.01. The Labute approximate surface area is 102 Å². The molecule has 0 radical (unpaired) electrons. The molecule has 17 heavy (non-hydrogen) atoms. The summed E-state index contributed by atoms with van der Waals surface area (Å²) in [5.41, 5.74) is -1.07. The van der Waals surface area contributed by atoms with Crippen LogP contribution in [0, 0.1) is 0 Å². The van der Waals surface area contributed by atoms with Gasteiger partial charge in [0.05, 0.1) is 12.0 Å². The third-order valence-corrected chi connectivity index (χ3v) is 2.22. The third kappa shape index (κ3) is 5.94. The zero-order chi connectivity index (χ0) is 13.9. The van der Waals surface area contributed by atoms with Crippen LogP contribution < -0.4 is 5.32 Å². The first-order valence-corrected chi connectivity index (χ1v) is 5.35. The van der Waals surface area contributed by atoms with E-state index in [4.69, 9.17) is 9.84 Å². The Hall–Kier alpha value is -1.52. The number of carbonyl (C=O) groups excluding carboxylic acids is 1. The Bertz CT molecular complexity index is 330. The molecule has 5 heteroatoms. The molecule has 2 N–H and O–H groups in total. The molecule has 0 saturated carbocycles. The molecule has 0 aromatic rings. The molecule has 0 heterocycles. The third-order valence-electron chi connectivity index (χ3n) is 2.22. The van der Waals surface area contributed by atoms with Crippen molar-refractivity contribution in [3.63, 3.8) is 0 Å². The fourth-order valence-electron chi connectivity index (χ4n) is 1.13. The van der Waals surface area contributed by atoms with E-state index in [1.165, 1.54) is 0 Å². The van der Waals surface area contributed by atoms with Crippen LogP contribution in [0.15, 0.2) is 12.2 Å². The number of rotatable bonds is 4. The molecule has 0 aliphatic carbocycles. The number of amides is 1. The van der Waals surface area contributed by atoms with Crippen LogP contribution in [0.1, 0.15) is 41.0 Å². The topological polar surface area (TPSA) is 75.6 Å². The second-order valence-corrected chi connectivity index (χ2v) is 5.31. The molecule has 1 amide bonds. The highest BCUT2D eigenvalue weighted by Crippen LogP contribution is 2.20. The fraction of sp³-hybridized carbons (Fsp3) is 0.667. The Morgan fingerprint density at radius 2 is 1.76 bits per heavy atom. The van der Waals surface area contributed by atoms with Crippen molar-refractivity contribution in [2.45, 2.75) is 52.2 Å². The smallest absolute Gasteiger partial charge is 0.408 e. The van der Waals surface area contributed by atoms with Crippen LogP contribution >= 0.6 is 0 Å². The van der Waals surface area contributed by atoms with Gasteiger partial charge in [0.2, 0.25) is 0 Å². The maximum absolute atomic E-state index is 11.6. The molecule has 0 fully saturated rings. The zero-order valence-corrected chi connectivity index (χ0v) is 11.1. The summed E-state index contributed by atoms with van der Waals surface area (Å²) in [5, 5.41) is 11.3. The van der Waals surface area contributed by atoms with Gasteiger partial charge in [0.1, 0.15) is 5.60 Å². The van der Waals surface area contributed by atoms with E-state index in [-0.39, 0.29) is 6.42 Å². The van der Waals surface area contributed by atoms with Crippen LogP contribution in [-0.4, -0.2) is 28.3 Å². The molecule has 1 unspecified atom stereocenters. The van der Waals surface area contributed by atoms with E-state index in [0.29, 0.717) is 5.57 Å². The summed E-state index contributed by atoms with van der Waals surface area (Å²) in [7, 11) is 0. The van der Waals surface area contributed by atoms with Crippen LogP contribution in [-0.2, 0) is 9.53 Å². The van der Waals surface area contributed by atoms with Crippen molar-refractivity contribution >= 4 is 12.1 Å². The quantitative estimate of drug-likeness (QED) is 0.743. The van der Waals surface area contributed by atoms with Crippen molar-refractivity contribution in [2.75, 3.05) is 0 Å². The molecule has 5 nitrogen and oxygen atoms in total. The van der Waals surface area contributed by atoms with Gasteiger partial charge in [-0.05, 0) is 34.6 Å². The molecule has 0 aromatic heterocycles. The maximum atomic E-state index is 11.6. The number of carboxylic acids is 1. The van der Waals surface area contributed by atoms with Crippen molar-refractivity contribution in [1.82, 2.24) is 5.32 Å². The fourth-order valence-corrected chi connectivity index (χ4v) is 1.13. The van der Waals surface area contributed by atoms with E-state index in [0.717, 1.165) is 0 Å². The van der Waals surface area contributed by atoms with Gasteiger partial charge in [0, 0.05) is 0 Å². The monoisotopic (exact) mass is 243 g/mol. The van der Waals surface area contributed by atoms with Crippen molar-refractivity contribution in [3.05, 3.63) is 12.2 Å². The predicted molar refractivity (Wildman–Crippen MR) is 64.8 cm³/mol. The van der Waals surface area contributed by atoms with Crippen molar-refractivity contribution in [3.8, 4) is 0 Å². The Morgan fingerprint density at radius 1 is 1.29 bits per heavy atom. The first-order valence-electron chi connectivity index (χ1n) is 5.35. The first-order chi connectivity index (χ1) is 7.46. The minimum Gasteiger partial charge on any atom is -0.481 e. The standard InChI is InChI=1S/C12H21NO4/c1-8(2)12(6,7-9(14)15)13-10(16)17-11(3,4)5/h1,7H2,2-6H3,(H,13,16)(H,14,15). The van der Waals surface area contributed by atoms with Crippen LogP contribution in [0.4, 0.5) is 4.79 Å². The number of aliphatic carboxylic acids is 1. The van der Waals surface area contributed by atoms with Gasteiger partial charge >= 0.3 is 12.1 Å². The Kier molecular flexibility index (Phi) is 4.74. The number of ether oxygens (including phenoxy) is 1. The van der Waals surface area contributed by atoms with E-state index >= 15 is 0 Å². The molecular formula is C12H21NO4. The number of carboxylic acid groups (broad SMARTS) is 1. The molecule has 0 saturated heterocycles. The first kappa shape index (κ1) is 15.5. The van der Waals surface area contributed by atoms with E-state index in [9.17, 15) is 9.59 Å². The molecule has 0 spiro atoms. The molecule has 1 atom stereocenters. The second-order valence-electron chi connectivity index (χ2n) is 5.31. The largest absolute Gasteiger partial charge is 0.481 e. The lowest BCUT2D eigenvalue weighted by atomic mass is 9.90. The lowest BCUT2D eigenvalue weighted by Crippen LogP contribution is -2.49. The summed E-state index contributed by atoms with van der Waals surface area (Å²) in [4.78, 5) is 22.3. The zero-order valence-electron chi connectivity index (χ0n) is 11.1. The Morgan fingerprint density at radius 3 is 2.06 bits per heavy atom. The molecule has 0 aliphatic heterocycles. The predicted octanol–water partition coefficient (Wildman–Crippen LogP) is 2.32. The average molecular weight is 243 g/mol. The lowest BCUT2D eigenvalue weighted by molar-refractivity contribution is -0.138. The molecule has 0 aromatic carbocycles. The Balaban J connectivity index is 4.72. The van der Waals surface area contributed by atoms with Crippen molar-refractivity contribution in [2.24, 2.45) is 0 Å². The van der Waals surface area contributed by atoms with E-state index < -0.39 is 23.2 Å². The lowest BCUT2D eigenvalue weighted by Gasteiger charge is -2.31.